The van der Waals surface area contributed by atoms with Gasteiger partial charge in [0, 0.05) is 5.39 Å². The van der Waals surface area contributed by atoms with Gasteiger partial charge in [0.25, 0.3) is 5.56 Å². The summed E-state index contributed by atoms with van der Waals surface area (Å²) in [7, 11) is 2.87. The second-order valence-electron chi connectivity index (χ2n) is 11.2. The van der Waals surface area contributed by atoms with Crippen molar-refractivity contribution < 1.29 is 19.1 Å². The molecule has 7 heteroatoms. The van der Waals surface area contributed by atoms with E-state index in [4.69, 9.17) is 9.47 Å². The molecule has 3 aromatic rings. The van der Waals surface area contributed by atoms with E-state index in [1.165, 1.54) is 26.4 Å². The Morgan fingerprint density at radius 1 is 0.973 bits per heavy atom. The zero-order chi connectivity index (χ0) is 25.7. The smallest absolute Gasteiger partial charge is 0.343 e. The summed E-state index contributed by atoms with van der Waals surface area (Å²) in [6, 6.07) is 14.6. The Labute approximate surface area is 215 Å². The summed E-state index contributed by atoms with van der Waals surface area (Å²) < 4.78 is 11.8. The third kappa shape index (κ3) is 4.10. The van der Waals surface area contributed by atoms with Crippen molar-refractivity contribution in [3.05, 3.63) is 70.0 Å². The number of rotatable bonds is 6. The minimum Gasteiger partial charge on any atom is -0.497 e. The monoisotopic (exact) mass is 500 g/mol. The predicted octanol–water partition coefficient (Wildman–Crippen LogP) is 5.00. The Bertz CT molecular complexity index is 1400. The number of esters is 1. The summed E-state index contributed by atoms with van der Waals surface area (Å²) in [5.74, 6) is 2.07. The van der Waals surface area contributed by atoms with Gasteiger partial charge in [0.05, 0.1) is 37.4 Å². The third-order valence-corrected chi connectivity index (χ3v) is 8.81. The molecular weight excluding hydrogens is 468 g/mol. The second kappa shape index (κ2) is 9.05. The number of hydrogen-bond donors (Lipinski definition) is 1. The number of benzene rings is 2. The highest BCUT2D eigenvalue weighted by molar-refractivity contribution is 6.05. The zero-order valence-corrected chi connectivity index (χ0v) is 21.3. The van der Waals surface area contributed by atoms with Crippen LogP contribution in [0.5, 0.6) is 5.75 Å². The highest BCUT2D eigenvalue weighted by Crippen LogP contribution is 2.60. The van der Waals surface area contributed by atoms with Crippen molar-refractivity contribution in [2.45, 2.75) is 45.1 Å². The summed E-state index contributed by atoms with van der Waals surface area (Å²) in [6.07, 6.45) is 6.68. The molecule has 0 spiro atoms. The quantitative estimate of drug-likeness (QED) is 0.482. The predicted molar refractivity (Wildman–Crippen MR) is 141 cm³/mol. The fraction of sp³-hybridized carbons (Fsp3) is 0.433. The first kappa shape index (κ1) is 23.8. The number of nitrogens with one attached hydrogen (secondary N) is 1. The molecule has 4 aliphatic carbocycles. The number of amides is 1. The first-order valence-electron chi connectivity index (χ1n) is 13.1. The fourth-order valence-electron chi connectivity index (χ4n) is 7.48. The van der Waals surface area contributed by atoms with Gasteiger partial charge < -0.3 is 19.4 Å². The van der Waals surface area contributed by atoms with Crippen molar-refractivity contribution in [1.82, 2.24) is 4.57 Å². The molecule has 4 bridgehead atoms. The summed E-state index contributed by atoms with van der Waals surface area (Å²) in [5, 5.41) is 3.88. The number of nitrogens with zero attached hydrogens (tertiary/aromatic N) is 1. The lowest BCUT2D eigenvalue weighted by atomic mass is 9.49. The SMILES string of the molecule is COC(=O)c1cc2c(NC(=O)C34CC5CC(CC(C5)C3)C4)cccc2n(Cc2ccc(OC)cc2)c1=O. The normalized spacial score (nSPS) is 25.7. The summed E-state index contributed by atoms with van der Waals surface area (Å²) in [4.78, 5) is 39.8. The highest BCUT2D eigenvalue weighted by atomic mass is 16.5. The molecule has 1 aromatic heterocycles. The Balaban J connectivity index is 1.41. The fourth-order valence-corrected chi connectivity index (χ4v) is 7.48. The minimum absolute atomic E-state index is 0.0555. The average molecular weight is 501 g/mol. The second-order valence-corrected chi connectivity index (χ2v) is 11.2. The number of carbonyl (C=O) groups is 2. The molecule has 0 unspecified atom stereocenters. The van der Waals surface area contributed by atoms with Crippen LogP contribution in [0.25, 0.3) is 10.9 Å². The summed E-state index contributed by atoms with van der Waals surface area (Å²) in [5.41, 5.74) is 1.36. The summed E-state index contributed by atoms with van der Waals surface area (Å²) >= 11 is 0. The zero-order valence-electron chi connectivity index (χ0n) is 21.3. The average Bonchev–Trinajstić information content (AvgIpc) is 2.89. The van der Waals surface area contributed by atoms with Gasteiger partial charge in [-0.05, 0) is 92.2 Å². The van der Waals surface area contributed by atoms with Crippen LogP contribution in [0.15, 0.2) is 53.3 Å². The Morgan fingerprint density at radius 2 is 1.62 bits per heavy atom. The molecule has 192 valence electrons. The molecule has 0 saturated heterocycles. The molecule has 0 radical (unpaired) electrons. The van der Waals surface area contributed by atoms with Crippen molar-refractivity contribution in [2.24, 2.45) is 23.2 Å². The maximum atomic E-state index is 13.8. The van der Waals surface area contributed by atoms with Gasteiger partial charge in [0.15, 0.2) is 0 Å². The van der Waals surface area contributed by atoms with Crippen LogP contribution >= 0.6 is 0 Å². The van der Waals surface area contributed by atoms with E-state index in [0.29, 0.717) is 34.3 Å². The molecule has 2 aromatic carbocycles. The van der Waals surface area contributed by atoms with Crippen LogP contribution in [0.1, 0.15) is 54.4 Å². The van der Waals surface area contributed by atoms with E-state index in [0.717, 1.165) is 30.6 Å². The molecule has 7 rings (SSSR count). The van der Waals surface area contributed by atoms with Gasteiger partial charge in [-0.1, -0.05) is 18.2 Å². The van der Waals surface area contributed by atoms with E-state index in [-0.39, 0.29) is 23.4 Å². The molecule has 1 amide bonds. The van der Waals surface area contributed by atoms with Gasteiger partial charge in [-0.25, -0.2) is 4.79 Å². The van der Waals surface area contributed by atoms with Crippen LogP contribution in [0.3, 0.4) is 0 Å². The van der Waals surface area contributed by atoms with Crippen molar-refractivity contribution in [2.75, 3.05) is 19.5 Å². The van der Waals surface area contributed by atoms with E-state index in [1.807, 2.05) is 42.5 Å². The Morgan fingerprint density at radius 3 is 2.22 bits per heavy atom. The van der Waals surface area contributed by atoms with E-state index >= 15 is 0 Å². The molecular formula is C30H32N2O5. The molecule has 0 atom stereocenters. The van der Waals surface area contributed by atoms with Crippen molar-refractivity contribution in [3.63, 3.8) is 0 Å². The number of anilines is 1. The lowest BCUT2D eigenvalue weighted by Crippen LogP contribution is -2.51. The van der Waals surface area contributed by atoms with Crippen molar-refractivity contribution in [3.8, 4) is 5.75 Å². The molecule has 1 N–H and O–H groups in total. The molecule has 4 fully saturated rings. The third-order valence-electron chi connectivity index (χ3n) is 8.81. The van der Waals surface area contributed by atoms with E-state index in [9.17, 15) is 14.4 Å². The standard InChI is InChI=1S/C30H32N2O5/c1-36-22-8-6-18(7-9-22)17-32-26-5-3-4-25(23(26)13-24(27(32)33)28(34)37-2)31-29(35)30-14-19-10-20(15-30)12-21(11-19)16-30/h3-9,13,19-21H,10-12,14-17H2,1-2H3,(H,31,35). The van der Waals surface area contributed by atoms with Crippen LogP contribution in [0, 0.1) is 23.2 Å². The number of hydrogen-bond acceptors (Lipinski definition) is 5. The van der Waals surface area contributed by atoms with E-state index in [2.05, 4.69) is 5.32 Å². The maximum absolute atomic E-state index is 13.8. The van der Waals surface area contributed by atoms with E-state index in [1.54, 1.807) is 17.7 Å². The van der Waals surface area contributed by atoms with Crippen LogP contribution in [-0.4, -0.2) is 30.7 Å². The van der Waals surface area contributed by atoms with Gasteiger partial charge >= 0.3 is 5.97 Å². The van der Waals surface area contributed by atoms with Crippen molar-refractivity contribution in [1.29, 1.82) is 0 Å². The number of ether oxygens (including phenoxy) is 2. The lowest BCUT2D eigenvalue weighted by Gasteiger charge is -2.55. The van der Waals surface area contributed by atoms with Gasteiger partial charge in [-0.2, -0.15) is 0 Å². The molecule has 1 heterocycles. The highest BCUT2D eigenvalue weighted by Gasteiger charge is 2.54. The molecule has 0 aliphatic heterocycles. The number of methoxy groups -OCH3 is 2. The number of fused-ring (bicyclic) bond motifs is 1. The van der Waals surface area contributed by atoms with Crippen LogP contribution in [0.4, 0.5) is 5.69 Å². The lowest BCUT2D eigenvalue weighted by molar-refractivity contribution is -0.140. The Kier molecular flexibility index (Phi) is 5.81. The molecule has 7 nitrogen and oxygen atoms in total. The largest absolute Gasteiger partial charge is 0.497 e. The first-order chi connectivity index (χ1) is 17.9. The molecule has 4 saturated carbocycles. The molecule has 4 aliphatic rings. The summed E-state index contributed by atoms with van der Waals surface area (Å²) in [6.45, 7) is 0.260. The van der Waals surface area contributed by atoms with Gasteiger partial charge in [-0.15, -0.1) is 0 Å². The van der Waals surface area contributed by atoms with Gasteiger partial charge in [0.1, 0.15) is 11.3 Å². The van der Waals surface area contributed by atoms with Crippen LogP contribution in [0.2, 0.25) is 0 Å². The van der Waals surface area contributed by atoms with Crippen LogP contribution in [-0.2, 0) is 16.1 Å². The van der Waals surface area contributed by atoms with Crippen molar-refractivity contribution >= 4 is 28.5 Å². The number of aromatic nitrogens is 1. The van der Waals surface area contributed by atoms with Gasteiger partial charge in [-0.3, -0.25) is 9.59 Å². The molecule has 37 heavy (non-hydrogen) atoms. The number of pyridine rings is 1. The van der Waals surface area contributed by atoms with Gasteiger partial charge in [0.2, 0.25) is 5.91 Å². The maximum Gasteiger partial charge on any atom is 0.343 e. The topological polar surface area (TPSA) is 86.6 Å². The van der Waals surface area contributed by atoms with Crippen LogP contribution < -0.4 is 15.6 Å². The number of carbonyl (C=O) groups excluding carboxylic acids is 2. The van der Waals surface area contributed by atoms with E-state index < -0.39 is 11.5 Å². The first-order valence-corrected chi connectivity index (χ1v) is 13.1. The Hall–Kier alpha value is -3.61. The minimum atomic E-state index is -0.697.